The summed E-state index contributed by atoms with van der Waals surface area (Å²) in [6, 6.07) is 0.308. The summed E-state index contributed by atoms with van der Waals surface area (Å²) in [4.78, 5) is 18.8. The molecular formula is C9H13N5O2S. The molecule has 0 atom stereocenters. The number of aromatic nitrogens is 2. The number of nitro groups is 1. The first-order valence-corrected chi connectivity index (χ1v) is 6.43. The molecule has 0 aliphatic heterocycles. The number of nitrogens with one attached hydrogen (secondary N) is 2. The number of hydrogen-bond donors (Lipinski definition) is 2. The molecular weight excluding hydrogens is 242 g/mol. The minimum atomic E-state index is -0.458. The van der Waals surface area contributed by atoms with Gasteiger partial charge in [-0.3, -0.25) is 10.1 Å². The Morgan fingerprint density at radius 3 is 2.53 bits per heavy atom. The molecule has 7 nitrogen and oxygen atoms in total. The predicted molar refractivity (Wildman–Crippen MR) is 66.7 cm³/mol. The van der Waals surface area contributed by atoms with Crippen LogP contribution in [0.2, 0.25) is 0 Å². The van der Waals surface area contributed by atoms with Crippen molar-refractivity contribution in [3.8, 4) is 0 Å². The lowest BCUT2D eigenvalue weighted by atomic mass is 10.4. The van der Waals surface area contributed by atoms with Gasteiger partial charge >= 0.3 is 5.69 Å². The van der Waals surface area contributed by atoms with Gasteiger partial charge in [0.1, 0.15) is 0 Å². The largest absolute Gasteiger partial charge is 0.367 e. The zero-order valence-electron chi connectivity index (χ0n) is 9.56. The average molecular weight is 255 g/mol. The Kier molecular flexibility index (Phi) is 3.32. The Bertz CT molecular complexity index is 449. The molecule has 0 radical (unpaired) electrons. The van der Waals surface area contributed by atoms with Crippen LogP contribution in [0, 0.1) is 10.1 Å². The number of hydrogen-bond acceptors (Lipinski definition) is 7. The summed E-state index contributed by atoms with van der Waals surface area (Å²) in [7, 11) is 1.61. The monoisotopic (exact) mass is 255 g/mol. The van der Waals surface area contributed by atoms with Crippen molar-refractivity contribution in [2.75, 3.05) is 23.9 Å². The van der Waals surface area contributed by atoms with E-state index in [-0.39, 0.29) is 11.5 Å². The Balaban J connectivity index is 2.45. The van der Waals surface area contributed by atoms with Crippen LogP contribution >= 0.6 is 11.8 Å². The van der Waals surface area contributed by atoms with Crippen molar-refractivity contribution in [1.82, 2.24) is 9.97 Å². The lowest BCUT2D eigenvalue weighted by Crippen LogP contribution is -2.10. The van der Waals surface area contributed by atoms with Crippen LogP contribution in [0.1, 0.15) is 12.8 Å². The van der Waals surface area contributed by atoms with E-state index in [0.717, 1.165) is 12.8 Å². The molecule has 0 spiro atoms. The van der Waals surface area contributed by atoms with Crippen molar-refractivity contribution in [1.29, 1.82) is 0 Å². The molecule has 1 aromatic heterocycles. The quantitative estimate of drug-likeness (QED) is 0.358. The van der Waals surface area contributed by atoms with Crippen LogP contribution in [-0.4, -0.2) is 34.2 Å². The zero-order chi connectivity index (χ0) is 12.4. The predicted octanol–water partition coefficient (Wildman–Crippen LogP) is 1.72. The van der Waals surface area contributed by atoms with E-state index in [0.29, 0.717) is 17.0 Å². The lowest BCUT2D eigenvalue weighted by Gasteiger charge is -2.09. The standard InChI is InChI=1S/C9H13N5O2S/c1-10-7-6(14(15)16)8(11-5-3-4-5)13-9(12-7)17-2/h5H,3-4H2,1-2H3,(H2,10,11,12,13). The molecule has 2 rings (SSSR count). The highest BCUT2D eigenvalue weighted by atomic mass is 32.2. The zero-order valence-corrected chi connectivity index (χ0v) is 10.4. The van der Waals surface area contributed by atoms with Gasteiger partial charge in [0.2, 0.25) is 11.6 Å². The molecule has 8 heteroatoms. The van der Waals surface area contributed by atoms with Gasteiger partial charge in [-0.1, -0.05) is 11.8 Å². The molecule has 2 N–H and O–H groups in total. The molecule has 17 heavy (non-hydrogen) atoms. The summed E-state index contributed by atoms with van der Waals surface area (Å²) in [6.45, 7) is 0. The molecule has 0 amide bonds. The van der Waals surface area contributed by atoms with Gasteiger partial charge in [0.15, 0.2) is 5.16 Å². The van der Waals surface area contributed by atoms with Crippen LogP contribution in [0.3, 0.4) is 0 Å². The minimum Gasteiger partial charge on any atom is -0.367 e. The second kappa shape index (κ2) is 4.74. The third kappa shape index (κ3) is 2.57. The van der Waals surface area contributed by atoms with Crippen LogP contribution < -0.4 is 10.6 Å². The molecule has 1 aliphatic carbocycles. The SMILES string of the molecule is CNc1nc(SC)nc(NC2CC2)c1[N+](=O)[O-]. The number of rotatable bonds is 5. The van der Waals surface area contributed by atoms with E-state index in [2.05, 4.69) is 20.6 Å². The number of thioether (sulfide) groups is 1. The second-order valence-corrected chi connectivity index (χ2v) is 4.46. The Hall–Kier alpha value is -1.57. The van der Waals surface area contributed by atoms with E-state index in [1.165, 1.54) is 11.8 Å². The summed E-state index contributed by atoms with van der Waals surface area (Å²) < 4.78 is 0. The van der Waals surface area contributed by atoms with Crippen molar-refractivity contribution in [3.63, 3.8) is 0 Å². The highest BCUT2D eigenvalue weighted by molar-refractivity contribution is 7.98. The van der Waals surface area contributed by atoms with Gasteiger partial charge in [0.25, 0.3) is 0 Å². The first kappa shape index (κ1) is 11.9. The average Bonchev–Trinajstić information content (AvgIpc) is 3.11. The van der Waals surface area contributed by atoms with Crippen molar-refractivity contribution in [3.05, 3.63) is 10.1 Å². The molecule has 0 bridgehead atoms. The fraction of sp³-hybridized carbons (Fsp3) is 0.556. The lowest BCUT2D eigenvalue weighted by molar-refractivity contribution is -0.383. The molecule has 92 valence electrons. The molecule has 1 aromatic rings. The van der Waals surface area contributed by atoms with E-state index >= 15 is 0 Å². The van der Waals surface area contributed by atoms with Gasteiger partial charge in [-0.15, -0.1) is 0 Å². The maximum absolute atomic E-state index is 11.0. The van der Waals surface area contributed by atoms with Gasteiger partial charge in [-0.05, 0) is 19.1 Å². The molecule has 1 heterocycles. The van der Waals surface area contributed by atoms with E-state index in [1.807, 2.05) is 6.26 Å². The molecule has 1 saturated carbocycles. The summed E-state index contributed by atoms with van der Waals surface area (Å²) in [6.07, 6.45) is 3.90. The Morgan fingerprint density at radius 1 is 1.41 bits per heavy atom. The van der Waals surface area contributed by atoms with Crippen LogP contribution in [0.5, 0.6) is 0 Å². The maximum atomic E-state index is 11.0. The second-order valence-electron chi connectivity index (χ2n) is 3.68. The van der Waals surface area contributed by atoms with Crippen LogP contribution in [0.25, 0.3) is 0 Å². The molecule has 0 saturated heterocycles. The van der Waals surface area contributed by atoms with Gasteiger partial charge in [-0.2, -0.15) is 9.97 Å². The minimum absolute atomic E-state index is 0.0859. The summed E-state index contributed by atoms with van der Waals surface area (Å²) in [5, 5.41) is 17.4. The molecule has 1 fully saturated rings. The van der Waals surface area contributed by atoms with E-state index in [4.69, 9.17) is 0 Å². The van der Waals surface area contributed by atoms with Gasteiger partial charge in [0, 0.05) is 13.1 Å². The molecule has 0 unspecified atom stereocenters. The van der Waals surface area contributed by atoms with Crippen LogP contribution in [-0.2, 0) is 0 Å². The highest BCUT2D eigenvalue weighted by Crippen LogP contribution is 2.34. The van der Waals surface area contributed by atoms with Crippen molar-refractivity contribution in [2.24, 2.45) is 0 Å². The van der Waals surface area contributed by atoms with E-state index in [9.17, 15) is 10.1 Å². The summed E-state index contributed by atoms with van der Waals surface area (Å²) in [5.74, 6) is 0.554. The molecule has 1 aliphatic rings. The van der Waals surface area contributed by atoms with Gasteiger partial charge < -0.3 is 10.6 Å². The van der Waals surface area contributed by atoms with Gasteiger partial charge in [0.05, 0.1) is 4.92 Å². The number of anilines is 2. The number of nitrogens with zero attached hydrogens (tertiary/aromatic N) is 3. The maximum Gasteiger partial charge on any atom is 0.353 e. The summed E-state index contributed by atoms with van der Waals surface area (Å²) in [5.41, 5.74) is -0.0859. The third-order valence-electron chi connectivity index (χ3n) is 2.38. The van der Waals surface area contributed by atoms with E-state index < -0.39 is 4.92 Å². The fourth-order valence-electron chi connectivity index (χ4n) is 1.39. The molecule has 0 aromatic carbocycles. The topological polar surface area (TPSA) is 93.0 Å². The van der Waals surface area contributed by atoms with Crippen LogP contribution in [0.15, 0.2) is 5.16 Å². The Labute approximate surface area is 103 Å². The normalized spacial score (nSPS) is 14.5. The Morgan fingerprint density at radius 2 is 2.06 bits per heavy atom. The first-order chi connectivity index (χ1) is 8.15. The highest BCUT2D eigenvalue weighted by Gasteiger charge is 2.29. The third-order valence-corrected chi connectivity index (χ3v) is 2.93. The van der Waals surface area contributed by atoms with Gasteiger partial charge in [-0.25, -0.2) is 0 Å². The smallest absolute Gasteiger partial charge is 0.353 e. The first-order valence-electron chi connectivity index (χ1n) is 5.20. The van der Waals surface area contributed by atoms with E-state index in [1.54, 1.807) is 7.05 Å². The van der Waals surface area contributed by atoms with Crippen molar-refractivity contribution in [2.45, 2.75) is 24.0 Å². The van der Waals surface area contributed by atoms with Crippen LogP contribution in [0.4, 0.5) is 17.3 Å². The van der Waals surface area contributed by atoms with Crippen molar-refractivity contribution >= 4 is 29.1 Å². The fourth-order valence-corrected chi connectivity index (χ4v) is 1.76. The summed E-state index contributed by atoms with van der Waals surface area (Å²) >= 11 is 1.36. The van der Waals surface area contributed by atoms with Crippen molar-refractivity contribution < 1.29 is 4.92 Å².